The molecule has 0 spiro atoms. The molecule has 3 aromatic carbocycles. The zero-order valence-corrected chi connectivity index (χ0v) is 19.9. The first kappa shape index (κ1) is 23.3. The van der Waals surface area contributed by atoms with Gasteiger partial charge in [-0.15, -0.1) is 0 Å². The molecule has 0 aromatic heterocycles. The minimum atomic E-state index is -0.383. The van der Waals surface area contributed by atoms with Crippen LogP contribution < -0.4 is 15.0 Å². The van der Waals surface area contributed by atoms with E-state index in [4.69, 9.17) is 4.74 Å². The van der Waals surface area contributed by atoms with E-state index in [1.165, 1.54) is 16.0 Å². The predicted molar refractivity (Wildman–Crippen MR) is 137 cm³/mol. The maximum absolute atomic E-state index is 13.7. The van der Waals surface area contributed by atoms with Crippen LogP contribution in [-0.4, -0.2) is 18.9 Å². The van der Waals surface area contributed by atoms with Gasteiger partial charge in [0.05, 0.1) is 18.4 Å². The normalized spacial score (nSPS) is 13.6. The van der Waals surface area contributed by atoms with E-state index in [1.54, 1.807) is 19.2 Å². The van der Waals surface area contributed by atoms with Gasteiger partial charge in [-0.3, -0.25) is 9.59 Å². The van der Waals surface area contributed by atoms with Crippen LogP contribution >= 0.6 is 0 Å². The molecule has 174 valence electrons. The number of imide groups is 1. The molecule has 0 bridgehead atoms. The maximum atomic E-state index is 13.7. The number of nitrogens with one attached hydrogen (secondary N) is 1. The Bertz CT molecular complexity index is 1210. The van der Waals surface area contributed by atoms with Crippen molar-refractivity contribution in [1.29, 1.82) is 0 Å². The Balaban J connectivity index is 1.75. The zero-order valence-electron chi connectivity index (χ0n) is 19.9. The highest BCUT2D eigenvalue weighted by molar-refractivity contribution is 6.46. The number of nitrogens with zero attached hydrogens (tertiary/aromatic N) is 1. The average Bonchev–Trinajstić information content (AvgIpc) is 3.12. The molecule has 5 nitrogen and oxygen atoms in total. The van der Waals surface area contributed by atoms with Crippen LogP contribution in [0.25, 0.3) is 5.57 Å². The van der Waals surface area contributed by atoms with Crippen molar-refractivity contribution >= 4 is 28.8 Å². The minimum absolute atomic E-state index is 0.244. The number of amides is 2. The van der Waals surface area contributed by atoms with E-state index in [9.17, 15) is 9.59 Å². The summed E-state index contributed by atoms with van der Waals surface area (Å²) < 4.78 is 5.52. The summed E-state index contributed by atoms with van der Waals surface area (Å²) in [5, 5.41) is 3.22. The van der Waals surface area contributed by atoms with Gasteiger partial charge in [0.25, 0.3) is 11.8 Å². The Morgan fingerprint density at radius 3 is 2.15 bits per heavy atom. The first-order chi connectivity index (χ1) is 16.6. The zero-order chi connectivity index (χ0) is 24.1. The Morgan fingerprint density at radius 1 is 0.824 bits per heavy atom. The Kier molecular flexibility index (Phi) is 7.12. The van der Waals surface area contributed by atoms with Gasteiger partial charge in [0.15, 0.2) is 0 Å². The molecule has 3 aromatic rings. The molecule has 0 fully saturated rings. The van der Waals surface area contributed by atoms with Gasteiger partial charge in [-0.05, 0) is 60.7 Å². The molecule has 2 amide bonds. The van der Waals surface area contributed by atoms with E-state index in [1.807, 2.05) is 60.7 Å². The number of carbonyl (C=O) groups is 2. The molecule has 1 aliphatic rings. The smallest absolute Gasteiger partial charge is 0.282 e. The third-order valence-electron chi connectivity index (χ3n) is 6.11. The summed E-state index contributed by atoms with van der Waals surface area (Å²) >= 11 is 0. The summed E-state index contributed by atoms with van der Waals surface area (Å²) in [6.07, 6.45) is 4.12. The fourth-order valence-corrected chi connectivity index (χ4v) is 4.14. The van der Waals surface area contributed by atoms with Crippen LogP contribution in [0.4, 0.5) is 11.4 Å². The third kappa shape index (κ3) is 4.60. The average molecular weight is 455 g/mol. The fourth-order valence-electron chi connectivity index (χ4n) is 4.14. The molecule has 0 radical (unpaired) electrons. The third-order valence-corrected chi connectivity index (χ3v) is 6.11. The van der Waals surface area contributed by atoms with E-state index in [-0.39, 0.29) is 17.5 Å². The molecular formula is C29H30N2O3. The lowest BCUT2D eigenvalue weighted by molar-refractivity contribution is -0.120. The molecule has 0 unspecified atom stereocenters. The van der Waals surface area contributed by atoms with Crippen LogP contribution in [0.1, 0.15) is 43.4 Å². The SMILES string of the molecule is CCCCc1ccc(N2C(=O)C(Nc3ccc(CC)cc3)=C(c3ccccc3OC)C2=O)cc1. The number of anilines is 2. The number of carbonyl (C=O) groups excluding carboxylic acids is 2. The van der Waals surface area contributed by atoms with Crippen molar-refractivity contribution in [2.45, 2.75) is 39.5 Å². The van der Waals surface area contributed by atoms with Gasteiger partial charge < -0.3 is 10.1 Å². The van der Waals surface area contributed by atoms with E-state index in [2.05, 4.69) is 19.2 Å². The number of para-hydroxylation sites is 1. The van der Waals surface area contributed by atoms with Crippen LogP contribution in [0.15, 0.2) is 78.5 Å². The highest BCUT2D eigenvalue weighted by Crippen LogP contribution is 2.37. The number of benzene rings is 3. The molecule has 0 atom stereocenters. The van der Waals surface area contributed by atoms with Crippen molar-refractivity contribution in [3.63, 3.8) is 0 Å². The molecular weight excluding hydrogens is 424 g/mol. The van der Waals surface area contributed by atoms with E-state index in [0.29, 0.717) is 22.6 Å². The summed E-state index contributed by atoms with van der Waals surface area (Å²) in [6, 6.07) is 22.8. The Hall–Kier alpha value is -3.86. The summed E-state index contributed by atoms with van der Waals surface area (Å²) in [6.45, 7) is 4.25. The lowest BCUT2D eigenvalue weighted by Crippen LogP contribution is -2.32. The van der Waals surface area contributed by atoms with Crippen LogP contribution in [0.3, 0.4) is 0 Å². The topological polar surface area (TPSA) is 58.6 Å². The van der Waals surface area contributed by atoms with Crippen molar-refractivity contribution in [1.82, 2.24) is 0 Å². The first-order valence-corrected chi connectivity index (χ1v) is 11.8. The number of hydrogen-bond donors (Lipinski definition) is 1. The predicted octanol–water partition coefficient (Wildman–Crippen LogP) is 6.00. The molecule has 4 rings (SSSR count). The van der Waals surface area contributed by atoms with E-state index < -0.39 is 0 Å². The second-order valence-corrected chi connectivity index (χ2v) is 8.34. The number of rotatable bonds is 9. The molecule has 34 heavy (non-hydrogen) atoms. The van der Waals surface area contributed by atoms with Gasteiger partial charge in [0.2, 0.25) is 0 Å². The number of ether oxygens (including phenoxy) is 1. The van der Waals surface area contributed by atoms with Crippen molar-refractivity contribution in [3.05, 3.63) is 95.2 Å². The lowest BCUT2D eigenvalue weighted by Gasteiger charge is -2.16. The van der Waals surface area contributed by atoms with Gasteiger partial charge in [-0.1, -0.05) is 62.7 Å². The van der Waals surface area contributed by atoms with Gasteiger partial charge in [-0.25, -0.2) is 4.90 Å². The Labute approximate surface area is 201 Å². The fraction of sp³-hybridized carbons (Fsp3) is 0.241. The van der Waals surface area contributed by atoms with Crippen molar-refractivity contribution < 1.29 is 14.3 Å². The summed E-state index contributed by atoms with van der Waals surface area (Å²) in [5.41, 5.74) is 4.82. The van der Waals surface area contributed by atoms with Gasteiger partial charge in [0.1, 0.15) is 11.4 Å². The summed E-state index contributed by atoms with van der Waals surface area (Å²) in [5.74, 6) is -0.216. The number of aryl methyl sites for hydroxylation is 2. The molecule has 1 aliphatic heterocycles. The van der Waals surface area contributed by atoms with E-state index >= 15 is 0 Å². The Morgan fingerprint density at radius 2 is 1.50 bits per heavy atom. The quantitative estimate of drug-likeness (QED) is 0.403. The van der Waals surface area contributed by atoms with Crippen LogP contribution in [0.2, 0.25) is 0 Å². The standard InChI is InChI=1S/C29H30N2O3/c1-4-6-9-21-14-18-23(19-15-21)31-28(32)26(24-10-7-8-11-25(24)34-3)27(29(31)33)30-22-16-12-20(5-2)13-17-22/h7-8,10-19,30H,4-6,9H2,1-3H3. The highest BCUT2D eigenvalue weighted by Gasteiger charge is 2.41. The highest BCUT2D eigenvalue weighted by atomic mass is 16.5. The van der Waals surface area contributed by atoms with Crippen LogP contribution in [0.5, 0.6) is 5.75 Å². The van der Waals surface area contributed by atoms with Gasteiger partial charge in [-0.2, -0.15) is 0 Å². The van der Waals surface area contributed by atoms with Crippen molar-refractivity contribution in [3.8, 4) is 5.75 Å². The van der Waals surface area contributed by atoms with Gasteiger partial charge >= 0.3 is 0 Å². The van der Waals surface area contributed by atoms with Crippen molar-refractivity contribution in [2.24, 2.45) is 0 Å². The number of methoxy groups -OCH3 is 1. The number of hydrogen-bond acceptors (Lipinski definition) is 4. The monoisotopic (exact) mass is 454 g/mol. The number of unbranched alkanes of at least 4 members (excludes halogenated alkanes) is 1. The van der Waals surface area contributed by atoms with Crippen LogP contribution in [-0.2, 0) is 22.4 Å². The second kappa shape index (κ2) is 10.4. The first-order valence-electron chi connectivity index (χ1n) is 11.8. The molecule has 5 heteroatoms. The second-order valence-electron chi connectivity index (χ2n) is 8.34. The molecule has 1 N–H and O–H groups in total. The van der Waals surface area contributed by atoms with Gasteiger partial charge in [0, 0.05) is 11.3 Å². The summed E-state index contributed by atoms with van der Waals surface area (Å²) in [4.78, 5) is 28.6. The molecule has 0 saturated carbocycles. The lowest BCUT2D eigenvalue weighted by atomic mass is 10.0. The van der Waals surface area contributed by atoms with Crippen molar-refractivity contribution in [2.75, 3.05) is 17.3 Å². The summed E-state index contributed by atoms with van der Waals surface area (Å²) in [7, 11) is 1.56. The van der Waals surface area contributed by atoms with E-state index in [0.717, 1.165) is 31.4 Å². The van der Waals surface area contributed by atoms with Crippen LogP contribution in [0, 0.1) is 0 Å². The largest absolute Gasteiger partial charge is 0.496 e. The molecule has 1 heterocycles. The molecule has 0 saturated heterocycles. The maximum Gasteiger partial charge on any atom is 0.282 e. The minimum Gasteiger partial charge on any atom is -0.496 e. The molecule has 0 aliphatic carbocycles.